The summed E-state index contributed by atoms with van der Waals surface area (Å²) in [5, 5.41) is 11.6. The Morgan fingerprint density at radius 2 is 1.44 bits per heavy atom. The molecular formula is C32H30F2N2O3. The second-order valence-electron chi connectivity index (χ2n) is 9.93. The number of nitrogens with zero attached hydrogens (tertiary/aromatic N) is 1. The second kappa shape index (κ2) is 12.1. The molecule has 0 bridgehead atoms. The van der Waals surface area contributed by atoms with Crippen LogP contribution in [0.3, 0.4) is 0 Å². The largest absolute Gasteiger partial charge is 0.492 e. The van der Waals surface area contributed by atoms with Gasteiger partial charge in [0.1, 0.15) is 24.0 Å². The Labute approximate surface area is 226 Å². The molecule has 0 unspecified atom stereocenters. The number of benzene rings is 4. The molecule has 0 aliphatic carbocycles. The molecule has 0 saturated carbocycles. The lowest BCUT2D eigenvalue weighted by Gasteiger charge is -2.25. The third-order valence-electron chi connectivity index (χ3n) is 7.09. The molecule has 7 heteroatoms. The topological polar surface area (TPSA) is 61.8 Å². The summed E-state index contributed by atoms with van der Waals surface area (Å²) in [6.07, 6.45) is -0.217. The normalized spacial score (nSPS) is 17.2. The van der Waals surface area contributed by atoms with Gasteiger partial charge in [-0.25, -0.2) is 13.6 Å². The molecule has 2 atom stereocenters. The summed E-state index contributed by atoms with van der Waals surface area (Å²) in [7, 11) is 0. The summed E-state index contributed by atoms with van der Waals surface area (Å²) in [5.41, 5.74) is 4.60. The lowest BCUT2D eigenvalue weighted by atomic mass is 9.98. The van der Waals surface area contributed by atoms with E-state index in [0.29, 0.717) is 18.9 Å². The zero-order valence-corrected chi connectivity index (χ0v) is 21.4. The van der Waals surface area contributed by atoms with Crippen molar-refractivity contribution in [3.05, 3.63) is 114 Å². The molecule has 1 heterocycles. The van der Waals surface area contributed by atoms with E-state index in [0.717, 1.165) is 41.8 Å². The highest BCUT2D eigenvalue weighted by Crippen LogP contribution is 2.33. The van der Waals surface area contributed by atoms with Gasteiger partial charge in [-0.1, -0.05) is 54.6 Å². The molecule has 2 N–H and O–H groups in total. The third kappa shape index (κ3) is 7.00. The summed E-state index contributed by atoms with van der Waals surface area (Å²) >= 11 is 0. The van der Waals surface area contributed by atoms with Crippen molar-refractivity contribution in [1.29, 1.82) is 0 Å². The van der Waals surface area contributed by atoms with Crippen LogP contribution in [0.1, 0.15) is 12.0 Å². The Balaban J connectivity index is 1.39. The molecule has 1 aliphatic heterocycles. The number of ether oxygens (including phenoxy) is 1. The van der Waals surface area contributed by atoms with Gasteiger partial charge in [0.15, 0.2) is 0 Å². The van der Waals surface area contributed by atoms with Crippen molar-refractivity contribution >= 4 is 6.09 Å². The molecule has 200 valence electrons. The molecule has 0 aromatic heterocycles. The van der Waals surface area contributed by atoms with Crippen molar-refractivity contribution in [2.45, 2.75) is 19.0 Å². The molecule has 39 heavy (non-hydrogen) atoms. The first-order chi connectivity index (χ1) is 18.9. The fourth-order valence-electron chi connectivity index (χ4n) is 5.15. The van der Waals surface area contributed by atoms with Crippen LogP contribution in [0, 0.1) is 17.6 Å². The Morgan fingerprint density at radius 3 is 2.00 bits per heavy atom. The van der Waals surface area contributed by atoms with Crippen molar-refractivity contribution in [1.82, 2.24) is 10.2 Å². The van der Waals surface area contributed by atoms with Crippen LogP contribution in [0.5, 0.6) is 5.75 Å². The summed E-state index contributed by atoms with van der Waals surface area (Å²) in [5.74, 6) is 0.217. The molecular weight excluding hydrogens is 498 g/mol. The number of rotatable bonds is 9. The maximum absolute atomic E-state index is 13.6. The van der Waals surface area contributed by atoms with Gasteiger partial charge in [0, 0.05) is 25.7 Å². The van der Waals surface area contributed by atoms with Crippen LogP contribution in [-0.4, -0.2) is 41.8 Å². The smallest absolute Gasteiger partial charge is 0.404 e. The van der Waals surface area contributed by atoms with Crippen LogP contribution < -0.4 is 10.1 Å². The van der Waals surface area contributed by atoms with Crippen LogP contribution in [0.2, 0.25) is 0 Å². The molecule has 4 aromatic carbocycles. The minimum Gasteiger partial charge on any atom is -0.492 e. The molecule has 5 rings (SSSR count). The van der Waals surface area contributed by atoms with Gasteiger partial charge in [0.05, 0.1) is 0 Å². The maximum Gasteiger partial charge on any atom is 0.404 e. The average Bonchev–Trinajstić information content (AvgIpc) is 3.33. The predicted molar refractivity (Wildman–Crippen MR) is 147 cm³/mol. The zero-order chi connectivity index (χ0) is 27.2. The number of nitrogens with one attached hydrogen (secondary N) is 1. The van der Waals surface area contributed by atoms with Gasteiger partial charge >= 0.3 is 6.09 Å². The van der Waals surface area contributed by atoms with Crippen LogP contribution in [-0.2, 0) is 6.54 Å². The number of likely N-dealkylation sites (tertiary alicyclic amines) is 1. The van der Waals surface area contributed by atoms with Crippen LogP contribution >= 0.6 is 0 Å². The quantitative estimate of drug-likeness (QED) is 0.250. The fraction of sp³-hybridized carbons (Fsp3) is 0.219. The van der Waals surface area contributed by atoms with Crippen LogP contribution in [0.4, 0.5) is 13.6 Å². The minimum absolute atomic E-state index is 0.0922. The summed E-state index contributed by atoms with van der Waals surface area (Å²) < 4.78 is 33.5. The van der Waals surface area contributed by atoms with E-state index in [1.807, 2.05) is 36.4 Å². The maximum atomic E-state index is 13.6. The number of carboxylic acid groups (broad SMARTS) is 1. The van der Waals surface area contributed by atoms with E-state index < -0.39 is 6.09 Å². The number of carbonyl (C=O) groups is 1. The van der Waals surface area contributed by atoms with Crippen molar-refractivity contribution in [3.8, 4) is 28.0 Å². The molecule has 5 nitrogen and oxygen atoms in total. The highest BCUT2D eigenvalue weighted by Gasteiger charge is 2.32. The highest BCUT2D eigenvalue weighted by atomic mass is 19.1. The van der Waals surface area contributed by atoms with E-state index in [2.05, 4.69) is 22.3 Å². The lowest BCUT2D eigenvalue weighted by molar-refractivity contribution is 0.166. The molecule has 1 aliphatic rings. The molecule has 0 spiro atoms. The van der Waals surface area contributed by atoms with Gasteiger partial charge in [0.25, 0.3) is 0 Å². The van der Waals surface area contributed by atoms with Crippen molar-refractivity contribution in [2.24, 2.45) is 5.92 Å². The number of halogens is 2. The standard InChI is InChI=1S/C32H30F2N2O3/c33-28-10-6-24(7-11-28)26-15-27(25-8-12-29(34)13-9-25)17-31(16-26)39-21-30-14-23(18-35-32(37)38)20-36(30)19-22-4-2-1-3-5-22/h1-13,15-17,23,30,35H,14,18-21H2,(H,37,38)/t23-,30+/m1/s1. The molecule has 0 radical (unpaired) electrons. The van der Waals surface area contributed by atoms with Gasteiger partial charge < -0.3 is 15.2 Å². The van der Waals surface area contributed by atoms with Gasteiger partial charge in [-0.15, -0.1) is 0 Å². The Morgan fingerprint density at radius 1 is 0.846 bits per heavy atom. The van der Waals surface area contributed by atoms with Crippen LogP contribution in [0.15, 0.2) is 97.1 Å². The predicted octanol–water partition coefficient (Wildman–Crippen LogP) is 6.84. The first-order valence-electron chi connectivity index (χ1n) is 13.0. The van der Waals surface area contributed by atoms with E-state index in [1.165, 1.54) is 29.8 Å². The first-order valence-corrected chi connectivity index (χ1v) is 13.0. The Kier molecular flexibility index (Phi) is 8.18. The molecule has 1 fully saturated rings. The second-order valence-corrected chi connectivity index (χ2v) is 9.93. The number of amides is 1. The van der Waals surface area contributed by atoms with Crippen molar-refractivity contribution in [3.63, 3.8) is 0 Å². The third-order valence-corrected chi connectivity index (χ3v) is 7.09. The first kappa shape index (κ1) is 26.4. The molecule has 1 amide bonds. The van der Waals surface area contributed by atoms with Gasteiger partial charge in [-0.2, -0.15) is 0 Å². The van der Waals surface area contributed by atoms with Crippen LogP contribution in [0.25, 0.3) is 22.3 Å². The molecule has 4 aromatic rings. The SMILES string of the molecule is O=C(O)NC[C@H]1C[C@@H](COc2cc(-c3ccc(F)cc3)cc(-c3ccc(F)cc3)c2)N(Cc2ccccc2)C1. The van der Waals surface area contributed by atoms with Crippen molar-refractivity contribution < 1.29 is 23.4 Å². The zero-order valence-electron chi connectivity index (χ0n) is 21.4. The summed E-state index contributed by atoms with van der Waals surface area (Å²) in [4.78, 5) is 13.4. The summed E-state index contributed by atoms with van der Waals surface area (Å²) in [6, 6.07) is 28.7. The van der Waals surface area contributed by atoms with Gasteiger partial charge in [-0.3, -0.25) is 4.90 Å². The van der Waals surface area contributed by atoms with E-state index in [4.69, 9.17) is 9.84 Å². The minimum atomic E-state index is -1.02. The monoisotopic (exact) mass is 528 g/mol. The highest BCUT2D eigenvalue weighted by molar-refractivity contribution is 5.75. The van der Waals surface area contributed by atoms with Crippen molar-refractivity contribution in [2.75, 3.05) is 19.7 Å². The Bertz CT molecular complexity index is 1330. The lowest BCUT2D eigenvalue weighted by Crippen LogP contribution is -2.34. The van der Waals surface area contributed by atoms with E-state index in [1.54, 1.807) is 24.3 Å². The average molecular weight is 529 g/mol. The number of hydrogen-bond donors (Lipinski definition) is 2. The number of hydrogen-bond acceptors (Lipinski definition) is 3. The Hall–Kier alpha value is -4.23. The molecule has 1 saturated heterocycles. The van der Waals surface area contributed by atoms with E-state index >= 15 is 0 Å². The van der Waals surface area contributed by atoms with E-state index in [-0.39, 0.29) is 23.6 Å². The van der Waals surface area contributed by atoms with E-state index in [9.17, 15) is 13.6 Å². The van der Waals surface area contributed by atoms with Gasteiger partial charge in [-0.05, 0) is 82.6 Å². The fourth-order valence-corrected chi connectivity index (χ4v) is 5.15. The van der Waals surface area contributed by atoms with Gasteiger partial charge in [0.2, 0.25) is 0 Å². The summed E-state index contributed by atoms with van der Waals surface area (Å²) in [6.45, 7) is 2.33.